The van der Waals surface area contributed by atoms with Gasteiger partial charge < -0.3 is 19.5 Å². The first-order chi connectivity index (χ1) is 12.1. The number of hydrogen-bond acceptors (Lipinski definition) is 7. The summed E-state index contributed by atoms with van der Waals surface area (Å²) in [5.41, 5.74) is 0.900. The van der Waals surface area contributed by atoms with Gasteiger partial charge in [-0.2, -0.15) is 4.98 Å². The molecule has 0 saturated heterocycles. The summed E-state index contributed by atoms with van der Waals surface area (Å²) in [5, 5.41) is 19.3. The highest BCUT2D eigenvalue weighted by Crippen LogP contribution is 2.36. The van der Waals surface area contributed by atoms with Crippen LogP contribution in [0.15, 0.2) is 46.5 Å². The lowest BCUT2D eigenvalue weighted by Crippen LogP contribution is -2.43. The van der Waals surface area contributed by atoms with Gasteiger partial charge in [0.25, 0.3) is 5.91 Å². The van der Waals surface area contributed by atoms with Gasteiger partial charge >= 0.3 is 0 Å². The number of aliphatic hydroxyl groups is 1. The second-order valence-electron chi connectivity index (χ2n) is 5.68. The molecule has 2 heterocycles. The molecule has 8 heteroatoms. The first-order valence-corrected chi connectivity index (χ1v) is 7.81. The van der Waals surface area contributed by atoms with Crippen LogP contribution < -0.4 is 5.32 Å². The van der Waals surface area contributed by atoms with Crippen LogP contribution in [0.3, 0.4) is 0 Å². The van der Waals surface area contributed by atoms with Crippen molar-refractivity contribution < 1.29 is 18.9 Å². The van der Waals surface area contributed by atoms with Crippen LogP contribution in [-0.4, -0.2) is 32.4 Å². The second kappa shape index (κ2) is 7.27. The number of hydrogen-bond donors (Lipinski definition) is 2. The van der Waals surface area contributed by atoms with Crippen molar-refractivity contribution in [1.82, 2.24) is 20.6 Å². The highest BCUT2D eigenvalue weighted by atomic mass is 16.5. The van der Waals surface area contributed by atoms with Gasteiger partial charge in [0, 0.05) is 23.6 Å². The quantitative estimate of drug-likeness (QED) is 0.739. The molecule has 0 spiro atoms. The van der Waals surface area contributed by atoms with Crippen molar-refractivity contribution in [2.45, 2.75) is 31.4 Å². The van der Waals surface area contributed by atoms with E-state index < -0.39 is 0 Å². The summed E-state index contributed by atoms with van der Waals surface area (Å²) >= 11 is 0. The highest BCUT2D eigenvalue weighted by Gasteiger charge is 2.35. The molecule has 0 aromatic carbocycles. The molecule has 2 aromatic heterocycles. The van der Waals surface area contributed by atoms with Crippen molar-refractivity contribution >= 4 is 11.5 Å². The van der Waals surface area contributed by atoms with E-state index in [1.54, 1.807) is 24.3 Å². The Hall–Kier alpha value is -3.00. The van der Waals surface area contributed by atoms with E-state index in [9.17, 15) is 4.79 Å². The summed E-state index contributed by atoms with van der Waals surface area (Å²) in [5.74, 6) is 0.997. The first-order valence-electron chi connectivity index (χ1n) is 7.81. The minimum absolute atomic E-state index is 0.00437. The fourth-order valence-corrected chi connectivity index (χ4v) is 2.59. The van der Waals surface area contributed by atoms with Crippen LogP contribution in [0.2, 0.25) is 0 Å². The zero-order valence-corrected chi connectivity index (χ0v) is 13.5. The Labute approximate surface area is 143 Å². The number of amides is 1. The molecule has 0 bridgehead atoms. The van der Waals surface area contributed by atoms with Gasteiger partial charge in [-0.05, 0) is 12.8 Å². The molecule has 2 N–H and O–H groups in total. The van der Waals surface area contributed by atoms with Gasteiger partial charge in [0.05, 0.1) is 0 Å². The number of carbonyl (C=O) groups is 1. The standard InChI is InChI=1S/C17H18N4O4/c1-3-5-10(4-2)14-8-13(20-24-14)16(23)18-12-6-11(7-12)17-19-15(9-22)21-25-17/h3-5,8,11-12,22H,1-2,6-7,9H2,(H,18,23)/b10-5+. The lowest BCUT2D eigenvalue weighted by Gasteiger charge is -2.32. The molecule has 1 aliphatic carbocycles. The molecular weight excluding hydrogens is 324 g/mol. The fraction of sp³-hybridized carbons (Fsp3) is 0.294. The molecule has 8 nitrogen and oxygen atoms in total. The third-order valence-electron chi connectivity index (χ3n) is 3.99. The molecule has 0 unspecified atom stereocenters. The van der Waals surface area contributed by atoms with Crippen LogP contribution in [0.1, 0.15) is 46.7 Å². The maximum Gasteiger partial charge on any atom is 0.273 e. The Balaban J connectivity index is 1.55. The van der Waals surface area contributed by atoms with Crippen LogP contribution in [0.4, 0.5) is 0 Å². The summed E-state index contributed by atoms with van der Waals surface area (Å²) in [7, 11) is 0. The molecule has 0 atom stereocenters. The van der Waals surface area contributed by atoms with Gasteiger partial charge in [0.15, 0.2) is 17.3 Å². The fourth-order valence-electron chi connectivity index (χ4n) is 2.59. The van der Waals surface area contributed by atoms with E-state index in [0.29, 0.717) is 30.1 Å². The molecule has 1 amide bonds. The number of aromatic nitrogens is 3. The molecule has 1 saturated carbocycles. The smallest absolute Gasteiger partial charge is 0.273 e. The minimum atomic E-state index is -0.304. The summed E-state index contributed by atoms with van der Waals surface area (Å²) < 4.78 is 10.3. The second-order valence-corrected chi connectivity index (χ2v) is 5.68. The minimum Gasteiger partial charge on any atom is -0.388 e. The Bertz CT molecular complexity index is 814. The summed E-state index contributed by atoms with van der Waals surface area (Å²) in [6, 6.07) is 1.57. The van der Waals surface area contributed by atoms with Crippen molar-refractivity contribution in [3.05, 3.63) is 60.6 Å². The van der Waals surface area contributed by atoms with E-state index in [1.807, 2.05) is 0 Å². The maximum atomic E-state index is 12.2. The van der Waals surface area contributed by atoms with Crippen LogP contribution in [0, 0.1) is 0 Å². The molecule has 130 valence electrons. The Morgan fingerprint density at radius 1 is 1.36 bits per heavy atom. The normalized spacial score (nSPS) is 20.0. The van der Waals surface area contributed by atoms with Crippen molar-refractivity contribution in [2.75, 3.05) is 0 Å². The topological polar surface area (TPSA) is 114 Å². The van der Waals surface area contributed by atoms with Gasteiger partial charge in [-0.15, -0.1) is 0 Å². The van der Waals surface area contributed by atoms with Crippen molar-refractivity contribution in [1.29, 1.82) is 0 Å². The maximum absolute atomic E-state index is 12.2. The van der Waals surface area contributed by atoms with E-state index >= 15 is 0 Å². The van der Waals surface area contributed by atoms with Crippen LogP contribution in [-0.2, 0) is 6.61 Å². The van der Waals surface area contributed by atoms with Crippen LogP contribution in [0.5, 0.6) is 0 Å². The van der Waals surface area contributed by atoms with Crippen LogP contribution in [0.25, 0.3) is 5.57 Å². The molecule has 0 radical (unpaired) electrons. The third-order valence-corrected chi connectivity index (χ3v) is 3.99. The van der Waals surface area contributed by atoms with Gasteiger partial charge in [-0.1, -0.05) is 41.7 Å². The van der Waals surface area contributed by atoms with Gasteiger partial charge in [0.2, 0.25) is 5.89 Å². The summed E-state index contributed by atoms with van der Waals surface area (Å²) in [4.78, 5) is 16.3. The number of rotatable bonds is 7. The van der Waals surface area contributed by atoms with E-state index in [1.165, 1.54) is 0 Å². The van der Waals surface area contributed by atoms with E-state index in [2.05, 4.69) is 33.8 Å². The van der Waals surface area contributed by atoms with Crippen molar-refractivity contribution in [2.24, 2.45) is 0 Å². The van der Waals surface area contributed by atoms with Crippen molar-refractivity contribution in [3.63, 3.8) is 0 Å². The molecule has 25 heavy (non-hydrogen) atoms. The average Bonchev–Trinajstić information content (AvgIpc) is 3.24. The lowest BCUT2D eigenvalue weighted by molar-refractivity contribution is 0.0892. The Morgan fingerprint density at radius 3 is 2.80 bits per heavy atom. The van der Waals surface area contributed by atoms with Crippen molar-refractivity contribution in [3.8, 4) is 0 Å². The third kappa shape index (κ3) is 3.58. The predicted molar refractivity (Wildman–Crippen MR) is 88.3 cm³/mol. The van der Waals surface area contributed by atoms with Gasteiger partial charge in [-0.3, -0.25) is 4.79 Å². The SMILES string of the molecule is C=C/C=C(\C=C)c1cc(C(=O)NC2CC(c3nc(CO)no3)C2)no1. The Morgan fingerprint density at radius 2 is 2.16 bits per heavy atom. The molecule has 3 rings (SSSR count). The van der Waals surface area contributed by atoms with E-state index in [4.69, 9.17) is 14.2 Å². The average molecular weight is 342 g/mol. The summed E-state index contributed by atoms with van der Waals surface area (Å²) in [6.45, 7) is 7.05. The zero-order chi connectivity index (χ0) is 17.8. The van der Waals surface area contributed by atoms with E-state index in [0.717, 1.165) is 0 Å². The van der Waals surface area contributed by atoms with Crippen LogP contribution >= 0.6 is 0 Å². The number of nitrogens with zero attached hydrogens (tertiary/aromatic N) is 3. The molecule has 1 aliphatic rings. The van der Waals surface area contributed by atoms with E-state index in [-0.39, 0.29) is 36.0 Å². The number of nitrogens with one attached hydrogen (secondary N) is 1. The first kappa shape index (κ1) is 16.8. The Kier molecular flexibility index (Phi) is 4.90. The number of aliphatic hydroxyl groups excluding tert-OH is 1. The molecule has 2 aromatic rings. The zero-order valence-electron chi connectivity index (χ0n) is 13.5. The molecule has 0 aliphatic heterocycles. The molecular formula is C17H18N4O4. The number of carbonyl (C=O) groups excluding carboxylic acids is 1. The monoisotopic (exact) mass is 342 g/mol. The predicted octanol–water partition coefficient (Wildman–Crippen LogP) is 1.98. The summed E-state index contributed by atoms with van der Waals surface area (Å²) in [6.07, 6.45) is 6.31. The highest BCUT2D eigenvalue weighted by molar-refractivity contribution is 5.93. The van der Waals surface area contributed by atoms with Gasteiger partial charge in [-0.25, -0.2) is 0 Å². The molecule has 1 fully saturated rings. The number of allylic oxidation sites excluding steroid dienone is 4. The lowest BCUT2D eigenvalue weighted by atomic mass is 9.80. The van der Waals surface area contributed by atoms with Gasteiger partial charge in [0.1, 0.15) is 6.61 Å². The largest absolute Gasteiger partial charge is 0.388 e.